The van der Waals surface area contributed by atoms with Crippen molar-refractivity contribution in [2.75, 3.05) is 26.7 Å². The molecule has 1 aromatic carbocycles. The third-order valence-electron chi connectivity index (χ3n) is 6.22. The van der Waals surface area contributed by atoms with Gasteiger partial charge < -0.3 is 9.64 Å². The number of hydrogen-bond donors (Lipinski definition) is 0. The minimum absolute atomic E-state index is 0.186. The normalized spacial score (nSPS) is 26.0. The number of ether oxygens (including phenoxy) is 1. The maximum atomic E-state index is 12.7. The van der Waals surface area contributed by atoms with Crippen LogP contribution in [0.5, 0.6) is 5.75 Å². The highest BCUT2D eigenvalue weighted by Gasteiger charge is 2.40. The predicted molar refractivity (Wildman–Crippen MR) is 98.8 cm³/mol. The van der Waals surface area contributed by atoms with Crippen molar-refractivity contribution in [2.24, 2.45) is 5.92 Å². The summed E-state index contributed by atoms with van der Waals surface area (Å²) in [4.78, 5) is 17.4. The Bertz CT molecular complexity index is 658. The second-order valence-electron chi connectivity index (χ2n) is 7.94. The lowest BCUT2D eigenvalue weighted by Gasteiger charge is -2.35. The third-order valence-corrected chi connectivity index (χ3v) is 6.22. The quantitative estimate of drug-likeness (QED) is 0.825. The molecular weight excluding hydrogens is 312 g/mol. The summed E-state index contributed by atoms with van der Waals surface area (Å²) in [5.41, 5.74) is 4.25. The molecule has 2 atom stereocenters. The SMILES string of the molecule is CCCN1C(=O)[C@H]2CC[C@@H]1CN(Cc1cc3c(cc1OC)CCC3)C2. The van der Waals surface area contributed by atoms with Gasteiger partial charge in [-0.05, 0) is 55.7 Å². The fourth-order valence-electron chi connectivity index (χ4n) is 5.00. The Morgan fingerprint density at radius 1 is 1.16 bits per heavy atom. The lowest BCUT2D eigenvalue weighted by atomic mass is 9.94. The standard InChI is InChI=1S/C21H30N2O2/c1-3-9-23-19-8-7-17(21(23)24)12-22(14-19)13-18-10-15-5-4-6-16(15)11-20(18)25-2/h10-11,17,19H,3-9,12-14H2,1-2H3/t17-,19+/m0/s1. The molecule has 4 heteroatoms. The summed E-state index contributed by atoms with van der Waals surface area (Å²) in [5, 5.41) is 0. The van der Waals surface area contributed by atoms with Gasteiger partial charge in [-0.1, -0.05) is 13.0 Å². The smallest absolute Gasteiger partial charge is 0.227 e. The zero-order chi connectivity index (χ0) is 17.4. The van der Waals surface area contributed by atoms with Gasteiger partial charge >= 0.3 is 0 Å². The molecule has 3 saturated heterocycles. The second-order valence-corrected chi connectivity index (χ2v) is 7.94. The first kappa shape index (κ1) is 16.9. The van der Waals surface area contributed by atoms with Crippen LogP contribution in [0.15, 0.2) is 12.1 Å². The van der Waals surface area contributed by atoms with Gasteiger partial charge in [-0.15, -0.1) is 0 Å². The fourth-order valence-corrected chi connectivity index (χ4v) is 5.00. The van der Waals surface area contributed by atoms with Crippen LogP contribution in [-0.2, 0) is 24.2 Å². The number of fused-ring (bicyclic) bond motifs is 5. The van der Waals surface area contributed by atoms with Crippen LogP contribution >= 0.6 is 0 Å². The number of nitrogens with zero attached hydrogens (tertiary/aromatic N) is 2. The summed E-state index contributed by atoms with van der Waals surface area (Å²) in [7, 11) is 1.78. The summed E-state index contributed by atoms with van der Waals surface area (Å²) in [6, 6.07) is 5.00. The Balaban J connectivity index is 1.55. The first-order chi connectivity index (χ1) is 12.2. The zero-order valence-corrected chi connectivity index (χ0v) is 15.6. The van der Waals surface area contributed by atoms with Crippen LogP contribution in [-0.4, -0.2) is 48.5 Å². The molecule has 3 fully saturated rings. The third kappa shape index (κ3) is 3.17. The van der Waals surface area contributed by atoms with Crippen LogP contribution in [0, 0.1) is 5.92 Å². The van der Waals surface area contributed by atoms with Crippen LogP contribution < -0.4 is 4.74 Å². The molecule has 3 heterocycles. The predicted octanol–water partition coefficient (Wildman–Crippen LogP) is 3.02. The molecule has 0 saturated carbocycles. The van der Waals surface area contributed by atoms with Gasteiger partial charge in [-0.25, -0.2) is 0 Å². The average molecular weight is 342 g/mol. The van der Waals surface area contributed by atoms with Crippen molar-refractivity contribution in [3.05, 3.63) is 28.8 Å². The van der Waals surface area contributed by atoms with Crippen molar-refractivity contribution in [1.82, 2.24) is 9.80 Å². The molecule has 1 aromatic rings. The van der Waals surface area contributed by atoms with E-state index in [-0.39, 0.29) is 5.92 Å². The Morgan fingerprint density at radius 3 is 2.72 bits per heavy atom. The Kier molecular flexibility index (Phi) is 4.72. The summed E-state index contributed by atoms with van der Waals surface area (Å²) in [6.07, 6.45) is 6.90. The highest BCUT2D eigenvalue weighted by atomic mass is 16.5. The minimum atomic E-state index is 0.186. The van der Waals surface area contributed by atoms with E-state index in [1.807, 2.05) is 0 Å². The Labute approximate surface area is 151 Å². The number of rotatable bonds is 5. The molecule has 1 amide bonds. The van der Waals surface area contributed by atoms with Crippen molar-refractivity contribution in [1.29, 1.82) is 0 Å². The second kappa shape index (κ2) is 6.99. The molecule has 0 N–H and O–H groups in total. The lowest BCUT2D eigenvalue weighted by molar-refractivity contribution is -0.139. The Hall–Kier alpha value is -1.55. The number of hydrogen-bond acceptors (Lipinski definition) is 3. The molecule has 4 aliphatic rings. The fraction of sp³-hybridized carbons (Fsp3) is 0.667. The number of aryl methyl sites for hydroxylation is 2. The average Bonchev–Trinajstić information content (AvgIpc) is 2.91. The molecule has 25 heavy (non-hydrogen) atoms. The lowest BCUT2D eigenvalue weighted by Crippen LogP contribution is -2.48. The van der Waals surface area contributed by atoms with Crippen LogP contribution in [0.4, 0.5) is 0 Å². The largest absolute Gasteiger partial charge is 0.496 e. The zero-order valence-electron chi connectivity index (χ0n) is 15.6. The van der Waals surface area contributed by atoms with E-state index in [2.05, 4.69) is 28.9 Å². The summed E-state index contributed by atoms with van der Waals surface area (Å²) < 4.78 is 5.69. The van der Waals surface area contributed by atoms with Gasteiger partial charge in [-0.2, -0.15) is 0 Å². The molecular formula is C21H30N2O2. The molecule has 3 aliphatic heterocycles. The summed E-state index contributed by atoms with van der Waals surface area (Å²) in [5.74, 6) is 1.60. The molecule has 2 bridgehead atoms. The number of carbonyl (C=O) groups is 1. The summed E-state index contributed by atoms with van der Waals surface area (Å²) in [6.45, 7) is 5.88. The maximum absolute atomic E-state index is 12.7. The van der Waals surface area contributed by atoms with E-state index in [1.54, 1.807) is 7.11 Å². The molecule has 1 aliphatic carbocycles. The van der Waals surface area contributed by atoms with E-state index in [0.29, 0.717) is 11.9 Å². The van der Waals surface area contributed by atoms with E-state index in [1.165, 1.54) is 36.0 Å². The molecule has 136 valence electrons. The molecule has 0 spiro atoms. The van der Waals surface area contributed by atoms with Crippen molar-refractivity contribution in [3.8, 4) is 5.75 Å². The highest BCUT2D eigenvalue weighted by Crippen LogP contribution is 2.33. The van der Waals surface area contributed by atoms with Crippen molar-refractivity contribution in [3.63, 3.8) is 0 Å². The molecule has 0 aromatic heterocycles. The first-order valence-electron chi connectivity index (χ1n) is 9.91. The van der Waals surface area contributed by atoms with Gasteiger partial charge in [0.05, 0.1) is 13.0 Å². The number of carbonyl (C=O) groups excluding carboxylic acids is 1. The minimum Gasteiger partial charge on any atom is -0.496 e. The van der Waals surface area contributed by atoms with Crippen LogP contribution in [0.25, 0.3) is 0 Å². The van der Waals surface area contributed by atoms with E-state index in [9.17, 15) is 4.79 Å². The monoisotopic (exact) mass is 342 g/mol. The van der Waals surface area contributed by atoms with E-state index in [0.717, 1.165) is 51.2 Å². The van der Waals surface area contributed by atoms with Crippen LogP contribution in [0.3, 0.4) is 0 Å². The van der Waals surface area contributed by atoms with Crippen molar-refractivity contribution in [2.45, 2.75) is 58.0 Å². The number of methoxy groups -OCH3 is 1. The van der Waals surface area contributed by atoms with E-state index >= 15 is 0 Å². The van der Waals surface area contributed by atoms with Crippen molar-refractivity contribution >= 4 is 5.91 Å². The molecule has 5 rings (SSSR count). The van der Waals surface area contributed by atoms with E-state index in [4.69, 9.17) is 4.74 Å². The molecule has 0 radical (unpaired) electrons. The number of amides is 1. The van der Waals surface area contributed by atoms with Gasteiger partial charge in [0.25, 0.3) is 0 Å². The number of piperidine rings is 1. The first-order valence-corrected chi connectivity index (χ1v) is 9.91. The highest BCUT2D eigenvalue weighted by molar-refractivity contribution is 5.80. The van der Waals surface area contributed by atoms with Gasteiger partial charge in [0.1, 0.15) is 5.75 Å². The van der Waals surface area contributed by atoms with Crippen LogP contribution in [0.2, 0.25) is 0 Å². The van der Waals surface area contributed by atoms with Gasteiger partial charge in [0.15, 0.2) is 0 Å². The van der Waals surface area contributed by atoms with Gasteiger partial charge in [-0.3, -0.25) is 9.69 Å². The topological polar surface area (TPSA) is 32.8 Å². The number of benzene rings is 1. The Morgan fingerprint density at radius 2 is 1.96 bits per heavy atom. The van der Waals surface area contributed by atoms with Crippen LogP contribution in [0.1, 0.15) is 49.3 Å². The molecule has 4 nitrogen and oxygen atoms in total. The molecule has 0 unspecified atom stereocenters. The maximum Gasteiger partial charge on any atom is 0.227 e. The van der Waals surface area contributed by atoms with Gasteiger partial charge in [0.2, 0.25) is 5.91 Å². The van der Waals surface area contributed by atoms with Crippen molar-refractivity contribution < 1.29 is 9.53 Å². The van der Waals surface area contributed by atoms with E-state index < -0.39 is 0 Å². The van der Waals surface area contributed by atoms with Gasteiger partial charge in [0, 0.05) is 37.8 Å². The summed E-state index contributed by atoms with van der Waals surface area (Å²) >= 11 is 0.